The van der Waals surface area contributed by atoms with Crippen molar-refractivity contribution in [3.63, 3.8) is 0 Å². The number of amides is 1. The molecule has 2 aliphatic heterocycles. The van der Waals surface area contributed by atoms with Crippen molar-refractivity contribution in [2.75, 3.05) is 26.2 Å². The largest absolute Gasteiger partial charge is 0.348 e. The predicted octanol–water partition coefficient (Wildman–Crippen LogP) is 2.98. The highest BCUT2D eigenvalue weighted by Crippen LogP contribution is 2.31. The van der Waals surface area contributed by atoms with E-state index in [-0.39, 0.29) is 0 Å². The van der Waals surface area contributed by atoms with E-state index < -0.39 is 0 Å². The Morgan fingerprint density at radius 3 is 2.93 bits per heavy atom. The van der Waals surface area contributed by atoms with Gasteiger partial charge in [-0.3, -0.25) is 9.69 Å². The van der Waals surface area contributed by atoms with Crippen LogP contribution in [0, 0.1) is 5.92 Å². The zero-order chi connectivity index (χ0) is 18.5. The molecule has 1 aromatic carbocycles. The molecule has 142 valence electrons. The molecule has 0 unspecified atom stereocenters. The van der Waals surface area contributed by atoms with Gasteiger partial charge in [0.25, 0.3) is 0 Å². The predicted molar refractivity (Wildman–Crippen MR) is 107 cm³/mol. The minimum atomic E-state index is 0.327. The van der Waals surface area contributed by atoms with Gasteiger partial charge in [-0.15, -0.1) is 0 Å². The lowest BCUT2D eigenvalue weighted by atomic mass is 9.83. The number of imidazole rings is 1. The van der Waals surface area contributed by atoms with Gasteiger partial charge in [0.05, 0.1) is 6.33 Å². The molecule has 2 atom stereocenters. The van der Waals surface area contributed by atoms with Crippen LogP contribution in [-0.4, -0.2) is 57.9 Å². The van der Waals surface area contributed by atoms with Gasteiger partial charge in [-0.2, -0.15) is 0 Å². The van der Waals surface area contributed by atoms with Gasteiger partial charge < -0.3 is 9.88 Å². The first-order valence-electron chi connectivity index (χ1n) is 10.0. The molecule has 0 spiro atoms. The molecule has 0 bridgehead atoms. The summed E-state index contributed by atoms with van der Waals surface area (Å²) in [6.07, 6.45) is 11.7. The number of carbonyl (C=O) groups excluding carboxylic acids is 1. The number of piperidine rings is 2. The van der Waals surface area contributed by atoms with E-state index in [0.29, 0.717) is 24.3 Å². The summed E-state index contributed by atoms with van der Waals surface area (Å²) < 4.78 is 0. The Morgan fingerprint density at radius 2 is 2.11 bits per heavy atom. The summed E-state index contributed by atoms with van der Waals surface area (Å²) in [5, 5.41) is 0. The Labute approximate surface area is 161 Å². The third kappa shape index (κ3) is 4.48. The van der Waals surface area contributed by atoms with Crippen molar-refractivity contribution >= 4 is 12.0 Å². The van der Waals surface area contributed by atoms with Crippen molar-refractivity contribution in [1.82, 2.24) is 19.8 Å². The fourth-order valence-corrected chi connectivity index (χ4v) is 4.45. The smallest absolute Gasteiger partial charge is 0.222 e. The standard InChI is InChI=1S/C22H28N4O/c27-22-9-8-19-16-25(12-4-7-18-5-2-1-3-6-18)13-11-21(19)26(22)14-10-20-15-23-17-24-20/h1-7,15,17,19,21H,8-14,16H2,(H,23,24)/t19-,21+/m0/s1. The number of aromatic amines is 1. The molecule has 0 radical (unpaired) electrons. The first kappa shape index (κ1) is 18.0. The van der Waals surface area contributed by atoms with Gasteiger partial charge in [-0.05, 0) is 24.3 Å². The number of aromatic nitrogens is 2. The molecule has 2 aromatic rings. The molecular weight excluding hydrogens is 336 g/mol. The highest BCUT2D eigenvalue weighted by atomic mass is 16.2. The van der Waals surface area contributed by atoms with E-state index in [1.807, 2.05) is 12.3 Å². The Balaban J connectivity index is 1.31. The average molecular weight is 364 g/mol. The number of hydrogen-bond donors (Lipinski definition) is 1. The molecule has 2 fully saturated rings. The van der Waals surface area contributed by atoms with Gasteiger partial charge in [0.2, 0.25) is 5.91 Å². The zero-order valence-electron chi connectivity index (χ0n) is 15.8. The Kier molecular flexibility index (Phi) is 5.68. The van der Waals surface area contributed by atoms with Crippen LogP contribution < -0.4 is 0 Å². The first-order valence-corrected chi connectivity index (χ1v) is 10.0. The maximum Gasteiger partial charge on any atom is 0.222 e. The van der Waals surface area contributed by atoms with Crippen LogP contribution >= 0.6 is 0 Å². The molecule has 0 saturated carbocycles. The first-order chi connectivity index (χ1) is 13.3. The molecule has 5 heteroatoms. The van der Waals surface area contributed by atoms with Crippen molar-refractivity contribution in [2.24, 2.45) is 5.92 Å². The van der Waals surface area contributed by atoms with Crippen LogP contribution in [0.15, 0.2) is 48.9 Å². The number of likely N-dealkylation sites (tertiary alicyclic amines) is 2. The minimum Gasteiger partial charge on any atom is -0.348 e. The quantitative estimate of drug-likeness (QED) is 0.857. The maximum atomic E-state index is 12.5. The third-order valence-electron chi connectivity index (χ3n) is 5.88. The SMILES string of the molecule is O=C1CC[C@H]2CN(CC=Cc3ccccc3)CC[C@H]2N1CCc1cnc[nH]1. The molecule has 2 aliphatic rings. The summed E-state index contributed by atoms with van der Waals surface area (Å²) in [5.74, 6) is 0.927. The van der Waals surface area contributed by atoms with E-state index in [1.165, 1.54) is 5.56 Å². The van der Waals surface area contributed by atoms with Crippen molar-refractivity contribution < 1.29 is 4.79 Å². The number of benzene rings is 1. The van der Waals surface area contributed by atoms with E-state index in [4.69, 9.17) is 0 Å². The van der Waals surface area contributed by atoms with Crippen LogP contribution in [0.4, 0.5) is 0 Å². The summed E-state index contributed by atoms with van der Waals surface area (Å²) in [7, 11) is 0. The number of hydrogen-bond acceptors (Lipinski definition) is 3. The van der Waals surface area contributed by atoms with Crippen LogP contribution in [0.2, 0.25) is 0 Å². The van der Waals surface area contributed by atoms with Crippen molar-refractivity contribution in [3.05, 3.63) is 60.2 Å². The highest BCUT2D eigenvalue weighted by molar-refractivity contribution is 5.77. The van der Waals surface area contributed by atoms with Gasteiger partial charge in [-0.25, -0.2) is 4.98 Å². The second-order valence-electron chi connectivity index (χ2n) is 7.64. The number of carbonyl (C=O) groups is 1. The van der Waals surface area contributed by atoms with Gasteiger partial charge in [0.1, 0.15) is 0 Å². The average Bonchev–Trinajstić information content (AvgIpc) is 3.22. The summed E-state index contributed by atoms with van der Waals surface area (Å²) in [4.78, 5) is 24.4. The van der Waals surface area contributed by atoms with Crippen LogP contribution in [0.3, 0.4) is 0 Å². The van der Waals surface area contributed by atoms with E-state index in [9.17, 15) is 4.79 Å². The molecule has 0 aliphatic carbocycles. The molecule has 4 rings (SSSR count). The summed E-state index contributed by atoms with van der Waals surface area (Å²) in [5.41, 5.74) is 2.36. The lowest BCUT2D eigenvalue weighted by Gasteiger charge is -2.47. The third-order valence-corrected chi connectivity index (χ3v) is 5.88. The number of H-pyrrole nitrogens is 1. The van der Waals surface area contributed by atoms with Gasteiger partial charge >= 0.3 is 0 Å². The highest BCUT2D eigenvalue weighted by Gasteiger charge is 2.38. The van der Waals surface area contributed by atoms with Gasteiger partial charge in [-0.1, -0.05) is 42.5 Å². The number of nitrogens with one attached hydrogen (secondary N) is 1. The molecule has 27 heavy (non-hydrogen) atoms. The van der Waals surface area contributed by atoms with Gasteiger partial charge in [0, 0.05) is 57.0 Å². The fraction of sp³-hybridized carbons (Fsp3) is 0.455. The second kappa shape index (κ2) is 8.53. The number of fused-ring (bicyclic) bond motifs is 1. The Bertz CT molecular complexity index is 756. The molecular formula is C22H28N4O. The van der Waals surface area contributed by atoms with Gasteiger partial charge in [0.15, 0.2) is 0 Å². The topological polar surface area (TPSA) is 52.2 Å². The van der Waals surface area contributed by atoms with Crippen molar-refractivity contribution in [1.29, 1.82) is 0 Å². The van der Waals surface area contributed by atoms with E-state index in [2.05, 4.69) is 56.2 Å². The van der Waals surface area contributed by atoms with E-state index >= 15 is 0 Å². The maximum absolute atomic E-state index is 12.5. The molecule has 1 amide bonds. The summed E-state index contributed by atoms with van der Waals surface area (Å²) in [6, 6.07) is 10.9. The van der Waals surface area contributed by atoms with Crippen LogP contribution in [-0.2, 0) is 11.2 Å². The van der Waals surface area contributed by atoms with E-state index in [1.54, 1.807) is 6.33 Å². The van der Waals surface area contributed by atoms with E-state index in [0.717, 1.165) is 51.1 Å². The molecule has 3 heterocycles. The Hall–Kier alpha value is -2.40. The molecule has 1 aromatic heterocycles. The van der Waals surface area contributed by atoms with Crippen molar-refractivity contribution in [2.45, 2.75) is 31.7 Å². The fourth-order valence-electron chi connectivity index (χ4n) is 4.45. The molecule has 2 saturated heterocycles. The minimum absolute atomic E-state index is 0.327. The summed E-state index contributed by atoms with van der Waals surface area (Å²) >= 11 is 0. The zero-order valence-corrected chi connectivity index (χ0v) is 15.8. The molecule has 1 N–H and O–H groups in total. The number of nitrogens with zero attached hydrogens (tertiary/aromatic N) is 3. The number of rotatable bonds is 6. The Morgan fingerprint density at radius 1 is 1.22 bits per heavy atom. The lowest BCUT2D eigenvalue weighted by Crippen LogP contribution is -2.56. The summed E-state index contributed by atoms with van der Waals surface area (Å²) in [6.45, 7) is 3.95. The lowest BCUT2D eigenvalue weighted by molar-refractivity contribution is -0.140. The second-order valence-corrected chi connectivity index (χ2v) is 7.64. The normalized spacial score (nSPS) is 23.7. The monoisotopic (exact) mass is 364 g/mol. The molecule has 5 nitrogen and oxygen atoms in total. The van der Waals surface area contributed by atoms with Crippen LogP contribution in [0.25, 0.3) is 6.08 Å². The van der Waals surface area contributed by atoms with Crippen LogP contribution in [0.1, 0.15) is 30.5 Å². The van der Waals surface area contributed by atoms with Crippen LogP contribution in [0.5, 0.6) is 0 Å². The van der Waals surface area contributed by atoms with Crippen molar-refractivity contribution in [3.8, 4) is 0 Å².